The molecule has 0 atom stereocenters. The molecule has 3 N–H and O–H groups in total. The number of amides is 1. The first-order chi connectivity index (χ1) is 11.1. The Morgan fingerprint density at radius 1 is 1.25 bits per heavy atom. The molecule has 0 aliphatic carbocycles. The maximum Gasteiger partial charge on any atom is 0.422 e. The summed E-state index contributed by atoms with van der Waals surface area (Å²) in [5.41, 5.74) is 7.66. The van der Waals surface area contributed by atoms with Gasteiger partial charge in [0.15, 0.2) is 0 Å². The van der Waals surface area contributed by atoms with Gasteiger partial charge in [-0.1, -0.05) is 18.2 Å². The Bertz CT molecular complexity index is 734. The Hall–Kier alpha value is -2.06. The van der Waals surface area contributed by atoms with E-state index >= 15 is 0 Å². The molecular weight excluding hydrogens is 330 g/mol. The van der Waals surface area contributed by atoms with Gasteiger partial charge >= 0.3 is 16.3 Å². The van der Waals surface area contributed by atoms with Gasteiger partial charge in [0.25, 0.3) is 0 Å². The zero-order valence-electron chi connectivity index (χ0n) is 14.1. The summed E-state index contributed by atoms with van der Waals surface area (Å²) >= 11 is 0. The molecule has 1 aliphatic heterocycles. The van der Waals surface area contributed by atoms with E-state index in [-0.39, 0.29) is 13.1 Å². The van der Waals surface area contributed by atoms with Gasteiger partial charge in [-0.25, -0.2) is 9.52 Å². The van der Waals surface area contributed by atoms with E-state index in [1.54, 1.807) is 20.8 Å². The number of carbonyl (C=O) groups excluding carboxylic acids is 1. The predicted molar refractivity (Wildman–Crippen MR) is 93.3 cm³/mol. The molecule has 24 heavy (non-hydrogen) atoms. The van der Waals surface area contributed by atoms with Crippen molar-refractivity contribution >= 4 is 27.6 Å². The summed E-state index contributed by atoms with van der Waals surface area (Å²) in [5, 5.41) is 0. The van der Waals surface area contributed by atoms with Crippen LogP contribution in [-0.4, -0.2) is 37.5 Å². The quantitative estimate of drug-likeness (QED) is 0.811. The van der Waals surface area contributed by atoms with Gasteiger partial charge < -0.3 is 10.5 Å². The number of benzene rings is 1. The minimum Gasteiger partial charge on any atom is -0.443 e. The third kappa shape index (κ3) is 4.97. The van der Waals surface area contributed by atoms with Crippen LogP contribution in [0.2, 0.25) is 0 Å². The average molecular weight is 353 g/mol. The molecule has 1 aliphatic rings. The van der Waals surface area contributed by atoms with Crippen LogP contribution in [0.15, 0.2) is 30.3 Å². The summed E-state index contributed by atoms with van der Waals surface area (Å²) in [6, 6.07) is 7.43. The molecule has 0 spiro atoms. The standard InChI is InChI=1S/C16H23N3O4S/c1-16(2,3)23-15(20)18-24(21,22)19-10-8-13(9-11-19)12-4-6-14(17)7-5-12/h4-8H,9-11,17H2,1-3H3,(H,18,20). The van der Waals surface area contributed by atoms with Crippen molar-refractivity contribution in [1.82, 2.24) is 9.03 Å². The number of rotatable bonds is 3. The fourth-order valence-electron chi connectivity index (χ4n) is 2.30. The molecule has 132 valence electrons. The summed E-state index contributed by atoms with van der Waals surface area (Å²) in [6.45, 7) is 5.48. The van der Waals surface area contributed by atoms with Crippen molar-refractivity contribution in [1.29, 1.82) is 0 Å². The first-order valence-electron chi connectivity index (χ1n) is 7.63. The molecule has 0 saturated heterocycles. The first kappa shape index (κ1) is 18.3. The van der Waals surface area contributed by atoms with Gasteiger partial charge in [-0.2, -0.15) is 12.7 Å². The van der Waals surface area contributed by atoms with Crippen LogP contribution < -0.4 is 10.5 Å². The number of nitrogens with one attached hydrogen (secondary N) is 1. The van der Waals surface area contributed by atoms with E-state index < -0.39 is 21.9 Å². The molecule has 1 aromatic rings. The van der Waals surface area contributed by atoms with Crippen molar-refractivity contribution < 1.29 is 17.9 Å². The van der Waals surface area contributed by atoms with Gasteiger partial charge in [0, 0.05) is 18.8 Å². The van der Waals surface area contributed by atoms with Crippen LogP contribution in [0.3, 0.4) is 0 Å². The lowest BCUT2D eigenvalue weighted by atomic mass is 10.0. The minimum atomic E-state index is -3.92. The van der Waals surface area contributed by atoms with E-state index in [0.29, 0.717) is 12.1 Å². The van der Waals surface area contributed by atoms with E-state index in [1.165, 1.54) is 4.31 Å². The highest BCUT2D eigenvalue weighted by Gasteiger charge is 2.28. The summed E-state index contributed by atoms with van der Waals surface area (Å²) in [5.74, 6) is 0. The van der Waals surface area contributed by atoms with E-state index in [1.807, 2.05) is 35.1 Å². The van der Waals surface area contributed by atoms with Crippen molar-refractivity contribution in [2.75, 3.05) is 18.8 Å². The van der Waals surface area contributed by atoms with Gasteiger partial charge in [0.05, 0.1) is 0 Å². The van der Waals surface area contributed by atoms with E-state index in [2.05, 4.69) is 0 Å². The number of nitrogens with two attached hydrogens (primary N) is 1. The summed E-state index contributed by atoms with van der Waals surface area (Å²) in [7, 11) is -3.92. The van der Waals surface area contributed by atoms with Gasteiger partial charge in [0.2, 0.25) is 0 Å². The lowest BCUT2D eigenvalue weighted by Gasteiger charge is -2.27. The van der Waals surface area contributed by atoms with Crippen molar-refractivity contribution in [2.45, 2.75) is 32.8 Å². The Balaban J connectivity index is 2.02. The number of ether oxygens (including phenoxy) is 1. The molecule has 0 fully saturated rings. The second-order valence-electron chi connectivity index (χ2n) is 6.57. The molecule has 2 rings (SSSR count). The van der Waals surface area contributed by atoms with Crippen LogP contribution in [0.25, 0.3) is 5.57 Å². The van der Waals surface area contributed by atoms with Gasteiger partial charge in [-0.3, -0.25) is 0 Å². The highest BCUT2D eigenvalue weighted by atomic mass is 32.2. The Kier molecular flexibility index (Phi) is 5.19. The van der Waals surface area contributed by atoms with Crippen LogP contribution >= 0.6 is 0 Å². The van der Waals surface area contributed by atoms with Crippen LogP contribution in [-0.2, 0) is 14.9 Å². The topological polar surface area (TPSA) is 102 Å². The van der Waals surface area contributed by atoms with Crippen LogP contribution in [0.1, 0.15) is 32.8 Å². The lowest BCUT2D eigenvalue weighted by Crippen LogP contribution is -2.46. The van der Waals surface area contributed by atoms with Crippen molar-refractivity contribution in [3.05, 3.63) is 35.9 Å². The van der Waals surface area contributed by atoms with Gasteiger partial charge in [-0.15, -0.1) is 0 Å². The normalized spacial score (nSPS) is 16.4. The maximum atomic E-state index is 12.2. The second kappa shape index (κ2) is 6.82. The van der Waals surface area contributed by atoms with Crippen molar-refractivity contribution in [3.8, 4) is 0 Å². The van der Waals surface area contributed by atoms with E-state index in [4.69, 9.17) is 10.5 Å². The zero-order valence-corrected chi connectivity index (χ0v) is 14.9. The molecule has 1 amide bonds. The van der Waals surface area contributed by atoms with Crippen LogP contribution in [0, 0.1) is 0 Å². The third-order valence-corrected chi connectivity index (χ3v) is 4.84. The minimum absolute atomic E-state index is 0.192. The zero-order chi connectivity index (χ0) is 18.0. The van der Waals surface area contributed by atoms with E-state index in [0.717, 1.165) is 11.1 Å². The number of hydrogen-bond acceptors (Lipinski definition) is 5. The number of carbonyl (C=O) groups is 1. The fourth-order valence-corrected chi connectivity index (χ4v) is 3.28. The maximum absolute atomic E-state index is 12.2. The fraction of sp³-hybridized carbons (Fsp3) is 0.438. The largest absolute Gasteiger partial charge is 0.443 e. The molecule has 0 saturated carbocycles. The Morgan fingerprint density at radius 3 is 2.38 bits per heavy atom. The van der Waals surface area contributed by atoms with Crippen molar-refractivity contribution in [2.24, 2.45) is 0 Å². The van der Waals surface area contributed by atoms with Crippen LogP contribution in [0.4, 0.5) is 10.5 Å². The number of anilines is 1. The Morgan fingerprint density at radius 2 is 1.88 bits per heavy atom. The number of nitrogen functional groups attached to an aromatic ring is 1. The molecule has 0 radical (unpaired) electrons. The highest BCUT2D eigenvalue weighted by molar-refractivity contribution is 7.87. The Labute approximate surface area is 142 Å². The lowest BCUT2D eigenvalue weighted by molar-refractivity contribution is 0.0567. The molecule has 8 heteroatoms. The summed E-state index contributed by atoms with van der Waals surface area (Å²) in [4.78, 5) is 11.7. The third-order valence-electron chi connectivity index (χ3n) is 3.40. The monoisotopic (exact) mass is 353 g/mol. The molecule has 0 bridgehead atoms. The SMILES string of the molecule is CC(C)(C)OC(=O)NS(=O)(=O)N1CC=C(c2ccc(N)cc2)CC1. The smallest absolute Gasteiger partial charge is 0.422 e. The van der Waals surface area contributed by atoms with E-state index in [9.17, 15) is 13.2 Å². The highest BCUT2D eigenvalue weighted by Crippen LogP contribution is 2.24. The second-order valence-corrected chi connectivity index (χ2v) is 8.24. The molecule has 1 aromatic carbocycles. The first-order valence-corrected chi connectivity index (χ1v) is 9.07. The molecule has 7 nitrogen and oxygen atoms in total. The average Bonchev–Trinajstić information content (AvgIpc) is 2.45. The molecule has 0 unspecified atom stereocenters. The van der Waals surface area contributed by atoms with Crippen LogP contribution in [0.5, 0.6) is 0 Å². The number of hydrogen-bond donors (Lipinski definition) is 2. The predicted octanol–water partition coefficient (Wildman–Crippen LogP) is 2.13. The molecule has 0 aromatic heterocycles. The number of nitrogens with zero attached hydrogens (tertiary/aromatic N) is 1. The molecule has 1 heterocycles. The molecular formula is C16H23N3O4S. The van der Waals surface area contributed by atoms with Crippen molar-refractivity contribution in [3.63, 3.8) is 0 Å². The van der Waals surface area contributed by atoms with Gasteiger partial charge in [-0.05, 0) is 50.5 Å². The summed E-state index contributed by atoms with van der Waals surface area (Å²) in [6.07, 6.45) is 1.42. The van der Waals surface area contributed by atoms with Gasteiger partial charge in [0.1, 0.15) is 5.60 Å². The summed E-state index contributed by atoms with van der Waals surface area (Å²) < 4.78 is 32.6.